The fourth-order valence-corrected chi connectivity index (χ4v) is 4.77. The number of amides is 2. The number of nitrogens with one attached hydrogen (secondary N) is 2. The number of halogens is 1. The van der Waals surface area contributed by atoms with Crippen LogP contribution in [-0.2, 0) is 20.9 Å². The van der Waals surface area contributed by atoms with Crippen LogP contribution >= 0.6 is 11.8 Å². The van der Waals surface area contributed by atoms with Crippen molar-refractivity contribution in [2.45, 2.75) is 44.1 Å². The van der Waals surface area contributed by atoms with Crippen LogP contribution in [0.15, 0.2) is 35.6 Å². The Labute approximate surface area is 219 Å². The van der Waals surface area contributed by atoms with E-state index in [4.69, 9.17) is 9.72 Å². The number of hydrogen-bond acceptors (Lipinski definition) is 8. The minimum Gasteiger partial charge on any atom is -0.380 e. The quantitative estimate of drug-likeness (QED) is 0.209. The molecule has 1 aliphatic rings. The van der Waals surface area contributed by atoms with Gasteiger partial charge in [0, 0.05) is 43.6 Å². The van der Waals surface area contributed by atoms with Gasteiger partial charge >= 0.3 is 0 Å². The number of thioether (sulfide) groups is 1. The van der Waals surface area contributed by atoms with Gasteiger partial charge in [0.2, 0.25) is 11.8 Å². The maximum absolute atomic E-state index is 13.2. The second-order valence-electron chi connectivity index (χ2n) is 8.92. The molecule has 2 amide bonds. The van der Waals surface area contributed by atoms with Gasteiger partial charge in [-0.05, 0) is 31.2 Å². The molecule has 2 N–H and O–H groups in total. The number of aromatic nitrogens is 4. The number of hydrogen-bond donors (Lipinski definition) is 2. The van der Waals surface area contributed by atoms with Crippen LogP contribution in [0.25, 0.3) is 11.0 Å². The highest BCUT2D eigenvalue weighted by Gasteiger charge is 2.35. The minimum absolute atomic E-state index is 0.119. The van der Waals surface area contributed by atoms with Crippen LogP contribution in [0.5, 0.6) is 0 Å². The third-order valence-electron chi connectivity index (χ3n) is 5.82. The molecule has 3 heterocycles. The molecule has 1 atom stereocenters. The molecule has 1 aromatic carbocycles. The highest BCUT2D eigenvalue weighted by molar-refractivity contribution is 7.99. The Morgan fingerprint density at radius 3 is 2.76 bits per heavy atom. The molecule has 0 aliphatic carbocycles. The minimum atomic E-state index is -0.468. The van der Waals surface area contributed by atoms with Crippen molar-refractivity contribution in [1.29, 1.82) is 0 Å². The van der Waals surface area contributed by atoms with Crippen molar-refractivity contribution in [2.75, 3.05) is 43.1 Å². The van der Waals surface area contributed by atoms with Gasteiger partial charge in [-0.2, -0.15) is 5.10 Å². The largest absolute Gasteiger partial charge is 0.380 e. The molecule has 3 aromatic rings. The molecular formula is C25H32FN7O3S. The van der Waals surface area contributed by atoms with Crippen molar-refractivity contribution in [3.05, 3.63) is 36.3 Å². The first-order valence-corrected chi connectivity index (χ1v) is 13.3. The predicted octanol–water partition coefficient (Wildman–Crippen LogP) is 3.08. The first kappa shape index (κ1) is 26.8. The van der Waals surface area contributed by atoms with E-state index in [1.165, 1.54) is 17.0 Å². The molecular weight excluding hydrogens is 497 g/mol. The number of nitrogens with zero attached hydrogens (tertiary/aromatic N) is 5. The summed E-state index contributed by atoms with van der Waals surface area (Å²) in [6.07, 6.45) is 1.84. The van der Waals surface area contributed by atoms with Gasteiger partial charge in [0.1, 0.15) is 11.6 Å². The van der Waals surface area contributed by atoms with Crippen molar-refractivity contribution in [1.82, 2.24) is 25.1 Å². The van der Waals surface area contributed by atoms with Crippen LogP contribution in [0.4, 0.5) is 15.9 Å². The van der Waals surface area contributed by atoms with E-state index in [2.05, 4.69) is 34.6 Å². The summed E-state index contributed by atoms with van der Waals surface area (Å²) in [5.41, 5.74) is 1.27. The number of fused-ring (bicyclic) bond motifs is 1. The third-order valence-corrected chi connectivity index (χ3v) is 6.68. The van der Waals surface area contributed by atoms with Crippen LogP contribution in [-0.4, -0.2) is 69.7 Å². The molecule has 37 heavy (non-hydrogen) atoms. The average molecular weight is 530 g/mol. The first-order valence-electron chi connectivity index (χ1n) is 12.4. The number of rotatable bonds is 12. The average Bonchev–Trinajstić information content (AvgIpc) is 3.45. The second-order valence-corrected chi connectivity index (χ2v) is 10.5. The van der Waals surface area contributed by atoms with Crippen molar-refractivity contribution in [3.8, 4) is 0 Å². The number of benzene rings is 1. The lowest BCUT2D eigenvalue weighted by Gasteiger charge is -2.16. The molecule has 1 fully saturated rings. The molecule has 4 rings (SSSR count). The molecule has 12 heteroatoms. The molecule has 0 saturated carbocycles. The fraction of sp³-hybridized carbons (Fsp3) is 0.480. The number of ether oxygens (including phenoxy) is 1. The van der Waals surface area contributed by atoms with Crippen LogP contribution in [0, 0.1) is 11.7 Å². The zero-order valence-corrected chi connectivity index (χ0v) is 22.1. The number of carbonyl (C=O) groups excluding carboxylic acids is 2. The Morgan fingerprint density at radius 1 is 1.24 bits per heavy atom. The molecule has 1 aliphatic heterocycles. The monoisotopic (exact) mass is 529 g/mol. The first-order chi connectivity index (χ1) is 17.9. The second kappa shape index (κ2) is 12.3. The van der Waals surface area contributed by atoms with E-state index in [1.807, 2.05) is 6.92 Å². The Hall–Kier alpha value is -3.25. The van der Waals surface area contributed by atoms with E-state index < -0.39 is 5.92 Å². The van der Waals surface area contributed by atoms with E-state index >= 15 is 0 Å². The highest BCUT2D eigenvalue weighted by atomic mass is 32.2. The lowest BCUT2D eigenvalue weighted by molar-refractivity contribution is -0.126. The topological polar surface area (TPSA) is 114 Å². The lowest BCUT2D eigenvalue weighted by atomic mass is 10.1. The lowest BCUT2D eigenvalue weighted by Crippen LogP contribution is -2.35. The van der Waals surface area contributed by atoms with Gasteiger partial charge in [-0.3, -0.25) is 9.59 Å². The van der Waals surface area contributed by atoms with Crippen LogP contribution < -0.4 is 15.5 Å². The Kier molecular flexibility index (Phi) is 8.93. The van der Waals surface area contributed by atoms with Gasteiger partial charge in [-0.15, -0.1) is 0 Å². The Balaban J connectivity index is 1.39. The summed E-state index contributed by atoms with van der Waals surface area (Å²) in [5, 5.41) is 12.5. The third kappa shape index (κ3) is 6.75. The molecule has 1 unspecified atom stereocenters. The molecule has 2 aromatic heterocycles. The molecule has 0 radical (unpaired) electrons. The van der Waals surface area contributed by atoms with E-state index in [0.29, 0.717) is 60.4 Å². The zero-order chi connectivity index (χ0) is 26.4. The van der Waals surface area contributed by atoms with Gasteiger partial charge < -0.3 is 20.3 Å². The molecule has 10 nitrogen and oxygen atoms in total. The van der Waals surface area contributed by atoms with Crippen molar-refractivity contribution in [2.24, 2.45) is 5.92 Å². The molecule has 0 bridgehead atoms. The summed E-state index contributed by atoms with van der Waals surface area (Å²) in [6, 6.07) is 5.70. The summed E-state index contributed by atoms with van der Waals surface area (Å²) >= 11 is 1.57. The maximum atomic E-state index is 13.2. The summed E-state index contributed by atoms with van der Waals surface area (Å²) in [4.78, 5) is 36.1. The van der Waals surface area contributed by atoms with E-state index in [1.54, 1.807) is 34.8 Å². The number of carbonyl (C=O) groups is 2. The van der Waals surface area contributed by atoms with Crippen molar-refractivity contribution < 1.29 is 18.7 Å². The van der Waals surface area contributed by atoms with Gasteiger partial charge in [0.05, 0.1) is 30.7 Å². The van der Waals surface area contributed by atoms with E-state index in [9.17, 15) is 14.0 Å². The molecule has 0 spiro atoms. The van der Waals surface area contributed by atoms with Gasteiger partial charge in [0.15, 0.2) is 10.8 Å². The summed E-state index contributed by atoms with van der Waals surface area (Å²) in [7, 11) is 0. The van der Waals surface area contributed by atoms with Gasteiger partial charge in [-0.25, -0.2) is 19.0 Å². The number of anilines is 2. The fourth-order valence-electron chi connectivity index (χ4n) is 4.07. The van der Waals surface area contributed by atoms with Gasteiger partial charge in [-0.1, -0.05) is 25.6 Å². The summed E-state index contributed by atoms with van der Waals surface area (Å²) < 4.78 is 20.4. The summed E-state index contributed by atoms with van der Waals surface area (Å²) in [6.45, 7) is 8.96. The maximum Gasteiger partial charge on any atom is 0.227 e. The predicted molar refractivity (Wildman–Crippen MR) is 141 cm³/mol. The standard InChI is InChI=1S/C25H32FN7O3S/c1-4-36-12-10-27-22-20-14-29-33(23(20)31-25(30-22)37-16(2)3)11-9-28-24(35)17-13-21(34)32(15-17)19-7-5-18(26)6-8-19/h5-8,14,16-17H,4,9-13,15H2,1-3H3,(H,28,35)(H,27,30,31). The Bertz CT molecular complexity index is 1230. The smallest absolute Gasteiger partial charge is 0.227 e. The zero-order valence-electron chi connectivity index (χ0n) is 21.2. The van der Waals surface area contributed by atoms with Crippen molar-refractivity contribution >= 4 is 46.1 Å². The SMILES string of the molecule is CCOCCNc1nc(SC(C)C)nc2c1cnn2CCNC(=O)C1CC(=O)N(c2ccc(F)cc2)C1. The highest BCUT2D eigenvalue weighted by Crippen LogP contribution is 2.27. The van der Waals surface area contributed by atoms with E-state index in [-0.39, 0.29) is 30.6 Å². The van der Waals surface area contributed by atoms with Crippen LogP contribution in [0.2, 0.25) is 0 Å². The normalized spacial score (nSPS) is 15.6. The van der Waals surface area contributed by atoms with E-state index in [0.717, 1.165) is 5.39 Å². The van der Waals surface area contributed by atoms with Crippen molar-refractivity contribution in [3.63, 3.8) is 0 Å². The summed E-state index contributed by atoms with van der Waals surface area (Å²) in [5.74, 6) is -0.484. The molecule has 198 valence electrons. The molecule has 1 saturated heterocycles. The van der Waals surface area contributed by atoms with Gasteiger partial charge in [0.25, 0.3) is 0 Å². The van der Waals surface area contributed by atoms with Crippen LogP contribution in [0.3, 0.4) is 0 Å². The Morgan fingerprint density at radius 2 is 2.03 bits per heavy atom. The van der Waals surface area contributed by atoms with Crippen LogP contribution in [0.1, 0.15) is 27.2 Å².